The van der Waals surface area contributed by atoms with Crippen LogP contribution in [0.3, 0.4) is 0 Å². The van der Waals surface area contributed by atoms with Crippen LogP contribution in [-0.4, -0.2) is 49.0 Å². The summed E-state index contributed by atoms with van der Waals surface area (Å²) in [6, 6.07) is 9.76. The SMILES string of the molecule is Cc1cc(C)cc(OCC(O)CN2CCOC(c3ccc(F)c(F)c3)C2)c1.Cl. The highest BCUT2D eigenvalue weighted by Gasteiger charge is 2.24. The number of benzene rings is 2. The van der Waals surface area contributed by atoms with Gasteiger partial charge in [-0.3, -0.25) is 4.90 Å². The molecule has 0 spiro atoms. The smallest absolute Gasteiger partial charge is 0.159 e. The summed E-state index contributed by atoms with van der Waals surface area (Å²) in [6.07, 6.45) is -1.00. The largest absolute Gasteiger partial charge is 0.491 e. The van der Waals surface area contributed by atoms with Gasteiger partial charge in [0.1, 0.15) is 18.5 Å². The van der Waals surface area contributed by atoms with Gasteiger partial charge < -0.3 is 14.6 Å². The maximum atomic E-state index is 13.5. The van der Waals surface area contributed by atoms with Crippen LogP contribution < -0.4 is 4.74 Å². The minimum absolute atomic E-state index is 0. The van der Waals surface area contributed by atoms with Crippen LogP contribution in [0.25, 0.3) is 0 Å². The molecule has 1 fully saturated rings. The van der Waals surface area contributed by atoms with Crippen molar-refractivity contribution in [3.63, 3.8) is 0 Å². The molecule has 1 saturated heterocycles. The number of halogens is 3. The molecule has 1 N–H and O–H groups in total. The summed E-state index contributed by atoms with van der Waals surface area (Å²) in [4.78, 5) is 2.05. The number of morpholine rings is 1. The molecule has 154 valence electrons. The first-order chi connectivity index (χ1) is 12.9. The molecule has 4 nitrogen and oxygen atoms in total. The molecule has 0 bridgehead atoms. The predicted octanol–water partition coefficient (Wildman–Crippen LogP) is 3.82. The van der Waals surface area contributed by atoms with Gasteiger partial charge in [0.2, 0.25) is 0 Å². The van der Waals surface area contributed by atoms with Gasteiger partial charge >= 0.3 is 0 Å². The van der Waals surface area contributed by atoms with Gasteiger partial charge in [0, 0.05) is 19.6 Å². The Labute approximate surface area is 170 Å². The van der Waals surface area contributed by atoms with Crippen LogP contribution in [0.4, 0.5) is 8.78 Å². The van der Waals surface area contributed by atoms with Crippen molar-refractivity contribution in [3.05, 3.63) is 64.7 Å². The molecule has 0 amide bonds. The second-order valence-electron chi connectivity index (χ2n) is 7.08. The molecule has 7 heteroatoms. The van der Waals surface area contributed by atoms with Gasteiger partial charge in [-0.25, -0.2) is 8.78 Å². The number of aryl methyl sites for hydroxylation is 2. The monoisotopic (exact) mass is 413 g/mol. The number of aliphatic hydroxyl groups is 1. The Balaban J connectivity index is 0.00000280. The summed E-state index contributed by atoms with van der Waals surface area (Å²) in [6.45, 7) is 6.26. The standard InChI is InChI=1S/C21H25F2NO3.ClH/c1-14-7-15(2)9-18(8-14)27-13-17(25)11-24-5-6-26-21(12-24)16-3-4-19(22)20(23)10-16;/h3-4,7-10,17,21,25H,5-6,11-13H2,1-2H3;1H. The van der Waals surface area contributed by atoms with Gasteiger partial charge in [0.05, 0.1) is 12.7 Å². The van der Waals surface area contributed by atoms with E-state index in [-0.39, 0.29) is 25.1 Å². The van der Waals surface area contributed by atoms with E-state index in [4.69, 9.17) is 9.47 Å². The van der Waals surface area contributed by atoms with E-state index in [1.807, 2.05) is 30.9 Å². The van der Waals surface area contributed by atoms with E-state index < -0.39 is 17.7 Å². The van der Waals surface area contributed by atoms with Crippen LogP contribution in [-0.2, 0) is 4.74 Å². The fourth-order valence-corrected chi connectivity index (χ4v) is 3.34. The molecular weight excluding hydrogens is 388 g/mol. The molecule has 2 aromatic carbocycles. The number of aliphatic hydroxyl groups excluding tert-OH is 1. The lowest BCUT2D eigenvalue weighted by Gasteiger charge is -2.34. The van der Waals surface area contributed by atoms with Crippen molar-refractivity contribution in [1.29, 1.82) is 0 Å². The van der Waals surface area contributed by atoms with Gasteiger partial charge in [-0.1, -0.05) is 12.1 Å². The van der Waals surface area contributed by atoms with E-state index >= 15 is 0 Å². The predicted molar refractivity (Wildman–Crippen MR) is 106 cm³/mol. The quantitative estimate of drug-likeness (QED) is 0.781. The second kappa shape index (κ2) is 10.2. The van der Waals surface area contributed by atoms with Crippen molar-refractivity contribution in [2.24, 2.45) is 0 Å². The Bertz CT molecular complexity index is 770. The lowest BCUT2D eigenvalue weighted by atomic mass is 10.1. The zero-order valence-electron chi connectivity index (χ0n) is 16.0. The highest BCUT2D eigenvalue weighted by atomic mass is 35.5. The van der Waals surface area contributed by atoms with Crippen molar-refractivity contribution in [2.75, 3.05) is 32.8 Å². The normalized spacial score (nSPS) is 18.4. The zero-order valence-corrected chi connectivity index (χ0v) is 16.8. The highest BCUT2D eigenvalue weighted by Crippen LogP contribution is 2.24. The number of nitrogens with zero attached hydrogens (tertiary/aromatic N) is 1. The van der Waals surface area contributed by atoms with Crippen LogP contribution in [0.2, 0.25) is 0 Å². The molecule has 0 saturated carbocycles. The maximum absolute atomic E-state index is 13.5. The van der Waals surface area contributed by atoms with Crippen molar-refractivity contribution < 1.29 is 23.4 Å². The average molecular weight is 414 g/mol. The third-order valence-electron chi connectivity index (χ3n) is 4.57. The highest BCUT2D eigenvalue weighted by molar-refractivity contribution is 5.85. The number of rotatable bonds is 6. The molecule has 0 radical (unpaired) electrons. The third-order valence-corrected chi connectivity index (χ3v) is 4.57. The molecular formula is C21H26ClF2NO3. The minimum atomic E-state index is -0.880. The van der Waals surface area contributed by atoms with E-state index in [0.29, 0.717) is 31.8 Å². The van der Waals surface area contributed by atoms with Gasteiger partial charge in [-0.2, -0.15) is 0 Å². The average Bonchev–Trinajstić information content (AvgIpc) is 2.62. The van der Waals surface area contributed by atoms with Gasteiger partial charge in [0.25, 0.3) is 0 Å². The van der Waals surface area contributed by atoms with Crippen LogP contribution in [0.1, 0.15) is 22.8 Å². The lowest BCUT2D eigenvalue weighted by molar-refractivity contribution is -0.0460. The fraction of sp³-hybridized carbons (Fsp3) is 0.429. The topological polar surface area (TPSA) is 41.9 Å². The fourth-order valence-electron chi connectivity index (χ4n) is 3.34. The number of ether oxygens (including phenoxy) is 2. The van der Waals surface area contributed by atoms with Gasteiger partial charge in [0.15, 0.2) is 11.6 Å². The van der Waals surface area contributed by atoms with E-state index in [0.717, 1.165) is 22.9 Å². The molecule has 0 aliphatic carbocycles. The van der Waals surface area contributed by atoms with E-state index in [1.165, 1.54) is 12.1 Å². The summed E-state index contributed by atoms with van der Waals surface area (Å²) >= 11 is 0. The van der Waals surface area contributed by atoms with Crippen LogP contribution in [0.5, 0.6) is 5.75 Å². The summed E-state index contributed by atoms with van der Waals surface area (Å²) in [5.41, 5.74) is 2.82. The summed E-state index contributed by atoms with van der Waals surface area (Å²) in [5.74, 6) is -1.01. The van der Waals surface area contributed by atoms with Gasteiger partial charge in [-0.15, -0.1) is 12.4 Å². The Morgan fingerprint density at radius 2 is 1.86 bits per heavy atom. The van der Waals surface area contributed by atoms with Crippen LogP contribution in [0.15, 0.2) is 36.4 Å². The van der Waals surface area contributed by atoms with Crippen molar-refractivity contribution in [1.82, 2.24) is 4.90 Å². The zero-order chi connectivity index (χ0) is 19.4. The second-order valence-corrected chi connectivity index (χ2v) is 7.08. The van der Waals surface area contributed by atoms with E-state index in [2.05, 4.69) is 6.07 Å². The first-order valence-corrected chi connectivity index (χ1v) is 9.09. The van der Waals surface area contributed by atoms with Gasteiger partial charge in [-0.05, 0) is 54.8 Å². The number of hydrogen-bond acceptors (Lipinski definition) is 4. The molecule has 0 aromatic heterocycles. The Morgan fingerprint density at radius 1 is 1.14 bits per heavy atom. The van der Waals surface area contributed by atoms with E-state index in [1.54, 1.807) is 0 Å². The summed E-state index contributed by atoms with van der Waals surface area (Å²) < 4.78 is 38.0. The Hall–Kier alpha value is -1.73. The molecule has 1 aliphatic heterocycles. The molecule has 3 rings (SSSR count). The van der Waals surface area contributed by atoms with Crippen molar-refractivity contribution in [3.8, 4) is 5.75 Å². The van der Waals surface area contributed by atoms with Crippen LogP contribution in [0, 0.1) is 25.5 Å². The molecule has 1 aliphatic rings. The first kappa shape index (κ1) is 22.6. The Morgan fingerprint density at radius 3 is 2.54 bits per heavy atom. The summed E-state index contributed by atoms with van der Waals surface area (Å²) in [5, 5.41) is 10.3. The molecule has 28 heavy (non-hydrogen) atoms. The third kappa shape index (κ3) is 6.14. The molecule has 2 unspecified atom stereocenters. The van der Waals surface area contributed by atoms with Crippen molar-refractivity contribution >= 4 is 12.4 Å². The van der Waals surface area contributed by atoms with E-state index in [9.17, 15) is 13.9 Å². The first-order valence-electron chi connectivity index (χ1n) is 9.09. The number of hydrogen-bond donors (Lipinski definition) is 1. The minimum Gasteiger partial charge on any atom is -0.491 e. The maximum Gasteiger partial charge on any atom is 0.159 e. The molecule has 2 aromatic rings. The Kier molecular flexibility index (Phi) is 8.19. The molecule has 2 atom stereocenters. The number of β-amino-alcohol motifs (C(OH)–C–C–N with tert-alkyl or cyclic N) is 1. The van der Waals surface area contributed by atoms with Crippen LogP contribution >= 0.6 is 12.4 Å². The lowest BCUT2D eigenvalue weighted by Crippen LogP contribution is -2.43. The van der Waals surface area contributed by atoms with Crippen molar-refractivity contribution in [2.45, 2.75) is 26.1 Å². The summed E-state index contributed by atoms with van der Waals surface area (Å²) in [7, 11) is 0. The molecule has 1 heterocycles.